The van der Waals surface area contributed by atoms with Crippen molar-refractivity contribution >= 4 is 33.0 Å². The Bertz CT molecular complexity index is 878. The predicted molar refractivity (Wildman–Crippen MR) is 106 cm³/mol. The van der Waals surface area contributed by atoms with Crippen molar-refractivity contribution in [3.8, 4) is 0 Å². The number of hydrogen-bond donors (Lipinski definition) is 2. The van der Waals surface area contributed by atoms with Crippen molar-refractivity contribution in [2.45, 2.75) is 31.7 Å². The normalized spacial score (nSPS) is 12.5. The molecule has 0 unspecified atom stereocenters. The van der Waals surface area contributed by atoms with Crippen LogP contribution >= 0.6 is 12.2 Å². The maximum Gasteiger partial charge on any atom is 0.238 e. The fraction of sp³-hybridized carbons (Fsp3) is 0.278. The summed E-state index contributed by atoms with van der Waals surface area (Å²) in [4.78, 5) is 2.03. The number of nitrogens with two attached hydrogens (primary N) is 1. The van der Waals surface area contributed by atoms with Gasteiger partial charge in [-0.05, 0) is 67.9 Å². The summed E-state index contributed by atoms with van der Waals surface area (Å²) in [7, 11) is -1.78. The molecule has 0 fully saturated rings. The van der Waals surface area contributed by atoms with Crippen molar-refractivity contribution in [3.05, 3.63) is 59.2 Å². The summed E-state index contributed by atoms with van der Waals surface area (Å²) in [6, 6.07) is 12.7. The summed E-state index contributed by atoms with van der Waals surface area (Å²) in [5, 5.41) is 9.01. The van der Waals surface area contributed by atoms with Gasteiger partial charge in [0.05, 0.1) is 10.9 Å². The van der Waals surface area contributed by atoms with Crippen LogP contribution in [0.2, 0.25) is 0 Å². The van der Waals surface area contributed by atoms with Gasteiger partial charge in [0.15, 0.2) is 5.11 Å². The summed E-state index contributed by atoms with van der Waals surface area (Å²) in [5.74, 6) is 0. The molecule has 0 heterocycles. The van der Waals surface area contributed by atoms with Gasteiger partial charge < -0.3 is 10.2 Å². The van der Waals surface area contributed by atoms with Crippen molar-refractivity contribution in [1.82, 2.24) is 4.90 Å². The van der Waals surface area contributed by atoms with Gasteiger partial charge in [-0.1, -0.05) is 24.3 Å². The molecule has 0 aliphatic carbocycles. The molecule has 2 rings (SSSR count). The van der Waals surface area contributed by atoms with Gasteiger partial charge >= 0.3 is 0 Å². The quantitative estimate of drug-likeness (QED) is 0.799. The first kappa shape index (κ1) is 19.4. The molecule has 0 aromatic heterocycles. The third-order valence-electron chi connectivity index (χ3n) is 4.23. The standard InChI is InChI=1S/C18H23N3O2S2/c1-12-5-6-13(2)17(11-12)20-18(24)21(4)14(3)15-7-9-16(10-8-15)25(19,22)23/h5-11,14H,1-4H3,(H,20,24)(H2,19,22,23)/t14-/m0/s1. The molecule has 0 aliphatic heterocycles. The van der Waals surface area contributed by atoms with E-state index >= 15 is 0 Å². The van der Waals surface area contributed by atoms with Crippen molar-refractivity contribution < 1.29 is 8.42 Å². The molecule has 3 N–H and O–H groups in total. The Morgan fingerprint density at radius 1 is 1.16 bits per heavy atom. The van der Waals surface area contributed by atoms with Crippen molar-refractivity contribution in [2.75, 3.05) is 12.4 Å². The van der Waals surface area contributed by atoms with E-state index in [2.05, 4.69) is 23.5 Å². The van der Waals surface area contributed by atoms with Crippen LogP contribution in [0.3, 0.4) is 0 Å². The lowest BCUT2D eigenvalue weighted by molar-refractivity contribution is 0.408. The number of primary sulfonamides is 1. The van der Waals surface area contributed by atoms with Crippen molar-refractivity contribution in [3.63, 3.8) is 0 Å². The number of thiocarbonyl (C=S) groups is 1. The Hall–Kier alpha value is -1.96. The van der Waals surface area contributed by atoms with Gasteiger partial charge in [-0.2, -0.15) is 0 Å². The molecule has 0 spiro atoms. The highest BCUT2D eigenvalue weighted by Crippen LogP contribution is 2.23. The van der Waals surface area contributed by atoms with Crippen LogP contribution in [-0.2, 0) is 10.0 Å². The zero-order valence-electron chi connectivity index (χ0n) is 14.8. The number of hydrogen-bond acceptors (Lipinski definition) is 3. The maximum absolute atomic E-state index is 11.4. The van der Waals surface area contributed by atoms with Gasteiger partial charge in [-0.25, -0.2) is 13.6 Å². The molecule has 0 saturated heterocycles. The van der Waals surface area contributed by atoms with E-state index in [0.29, 0.717) is 5.11 Å². The van der Waals surface area contributed by atoms with Gasteiger partial charge in [0.25, 0.3) is 0 Å². The molecule has 7 heteroatoms. The average Bonchev–Trinajstić information content (AvgIpc) is 2.56. The van der Waals surface area contributed by atoms with Crippen LogP contribution in [0, 0.1) is 13.8 Å². The SMILES string of the molecule is Cc1ccc(C)c(NC(=S)N(C)[C@@H](C)c2ccc(S(N)(=O)=O)cc2)c1. The Kier molecular flexibility index (Phi) is 5.82. The molecule has 0 saturated carbocycles. The molecule has 0 aliphatic rings. The zero-order valence-corrected chi connectivity index (χ0v) is 16.4. The summed E-state index contributed by atoms with van der Waals surface area (Å²) in [6.45, 7) is 6.07. The molecule has 25 heavy (non-hydrogen) atoms. The molecule has 0 amide bonds. The number of rotatable bonds is 4. The first-order valence-electron chi connectivity index (χ1n) is 7.83. The highest BCUT2D eigenvalue weighted by Gasteiger charge is 2.16. The molecular weight excluding hydrogens is 354 g/mol. The van der Waals surface area contributed by atoms with Crippen LogP contribution in [0.25, 0.3) is 0 Å². The third kappa shape index (κ3) is 4.78. The molecule has 5 nitrogen and oxygen atoms in total. The summed E-state index contributed by atoms with van der Waals surface area (Å²) in [6.07, 6.45) is 0. The van der Waals surface area contributed by atoms with E-state index in [1.54, 1.807) is 12.1 Å². The van der Waals surface area contributed by atoms with Crippen LogP contribution < -0.4 is 10.5 Å². The fourth-order valence-electron chi connectivity index (χ4n) is 2.41. The van der Waals surface area contributed by atoms with Crippen LogP contribution in [0.5, 0.6) is 0 Å². The summed E-state index contributed by atoms with van der Waals surface area (Å²) in [5.41, 5.74) is 4.20. The first-order chi connectivity index (χ1) is 11.6. The number of nitrogens with zero attached hydrogens (tertiary/aromatic N) is 1. The minimum atomic E-state index is -3.68. The number of anilines is 1. The van der Waals surface area contributed by atoms with Gasteiger partial charge in [0.2, 0.25) is 10.0 Å². The molecule has 2 aromatic rings. The molecule has 0 bridgehead atoms. The van der Waals surface area contributed by atoms with Crippen LogP contribution in [0.1, 0.15) is 29.7 Å². The van der Waals surface area contributed by atoms with E-state index < -0.39 is 10.0 Å². The molecule has 134 valence electrons. The topological polar surface area (TPSA) is 75.4 Å². The minimum Gasteiger partial charge on any atom is -0.345 e. The largest absolute Gasteiger partial charge is 0.345 e. The first-order valence-corrected chi connectivity index (χ1v) is 9.79. The number of benzene rings is 2. The molecule has 2 aromatic carbocycles. The summed E-state index contributed by atoms with van der Waals surface area (Å²) >= 11 is 5.52. The molecule has 0 radical (unpaired) electrons. The highest BCUT2D eigenvalue weighted by atomic mass is 32.2. The smallest absolute Gasteiger partial charge is 0.238 e. The van der Waals surface area contributed by atoms with Crippen LogP contribution in [-0.4, -0.2) is 25.5 Å². The van der Waals surface area contributed by atoms with Gasteiger partial charge in [-0.15, -0.1) is 0 Å². The second-order valence-electron chi connectivity index (χ2n) is 6.15. The predicted octanol–water partition coefficient (Wildman–Crippen LogP) is 3.34. The lowest BCUT2D eigenvalue weighted by Gasteiger charge is -2.28. The number of sulfonamides is 1. The van der Waals surface area contributed by atoms with Gasteiger partial charge in [0.1, 0.15) is 0 Å². The lowest BCUT2D eigenvalue weighted by Crippen LogP contribution is -2.33. The Morgan fingerprint density at radius 3 is 2.32 bits per heavy atom. The van der Waals surface area contributed by atoms with Crippen LogP contribution in [0.15, 0.2) is 47.4 Å². The second kappa shape index (κ2) is 7.51. The van der Waals surface area contributed by atoms with Gasteiger partial charge in [0, 0.05) is 12.7 Å². The Morgan fingerprint density at radius 2 is 1.76 bits per heavy atom. The van der Waals surface area contributed by atoms with E-state index in [4.69, 9.17) is 17.4 Å². The van der Waals surface area contributed by atoms with Gasteiger partial charge in [-0.3, -0.25) is 0 Å². The fourth-order valence-corrected chi connectivity index (χ4v) is 3.19. The molecular formula is C18H23N3O2S2. The maximum atomic E-state index is 11.4. The highest BCUT2D eigenvalue weighted by molar-refractivity contribution is 7.89. The van der Waals surface area contributed by atoms with Crippen LogP contribution in [0.4, 0.5) is 5.69 Å². The minimum absolute atomic E-state index is 0.0281. The number of aryl methyl sites for hydroxylation is 2. The average molecular weight is 378 g/mol. The lowest BCUT2D eigenvalue weighted by atomic mass is 10.1. The van der Waals surface area contributed by atoms with E-state index in [9.17, 15) is 8.42 Å². The van der Waals surface area contributed by atoms with E-state index in [-0.39, 0.29) is 10.9 Å². The third-order valence-corrected chi connectivity index (χ3v) is 5.55. The zero-order chi connectivity index (χ0) is 18.8. The van der Waals surface area contributed by atoms with E-state index in [0.717, 1.165) is 22.4 Å². The van der Waals surface area contributed by atoms with E-state index in [1.165, 1.54) is 12.1 Å². The van der Waals surface area contributed by atoms with Crippen molar-refractivity contribution in [2.24, 2.45) is 5.14 Å². The second-order valence-corrected chi connectivity index (χ2v) is 8.10. The number of nitrogens with one attached hydrogen (secondary N) is 1. The Balaban J connectivity index is 2.14. The molecule has 1 atom stereocenters. The monoisotopic (exact) mass is 377 g/mol. The Labute approximate surface area is 154 Å². The summed E-state index contributed by atoms with van der Waals surface area (Å²) < 4.78 is 22.7. The van der Waals surface area contributed by atoms with E-state index in [1.807, 2.05) is 32.7 Å². The van der Waals surface area contributed by atoms with Crippen molar-refractivity contribution in [1.29, 1.82) is 0 Å².